The van der Waals surface area contributed by atoms with Gasteiger partial charge >= 0.3 is 8.56 Å². The molecule has 0 aliphatic heterocycles. The largest absolute Gasteiger partial charge is 0.394 e. The first-order valence-electron chi connectivity index (χ1n) is 6.50. The second-order valence-corrected chi connectivity index (χ2v) is 9.90. The van der Waals surface area contributed by atoms with Crippen LogP contribution >= 0.6 is 23.5 Å². The summed E-state index contributed by atoms with van der Waals surface area (Å²) in [6.45, 7) is 8.28. The zero-order chi connectivity index (χ0) is 14.7. The van der Waals surface area contributed by atoms with Crippen molar-refractivity contribution < 1.29 is 18.4 Å². The third kappa shape index (κ3) is 9.67. The fourth-order valence-corrected chi connectivity index (χ4v) is 7.52. The van der Waals surface area contributed by atoms with E-state index in [0.29, 0.717) is 13.2 Å². The van der Waals surface area contributed by atoms with E-state index in [4.69, 9.17) is 8.85 Å². The summed E-state index contributed by atoms with van der Waals surface area (Å²) >= 11 is 2.62. The zero-order valence-corrected chi connectivity index (χ0v) is 14.8. The third-order valence-electron chi connectivity index (χ3n) is 2.39. The van der Waals surface area contributed by atoms with Crippen LogP contribution < -0.4 is 0 Å². The molecule has 0 spiro atoms. The van der Waals surface area contributed by atoms with Gasteiger partial charge in [-0.15, -0.1) is 0 Å². The molecule has 0 saturated carbocycles. The Morgan fingerprint density at radius 1 is 0.895 bits per heavy atom. The molecule has 0 rings (SSSR count). The molecule has 0 aromatic carbocycles. The maximum atomic E-state index is 11.0. The third-order valence-corrected chi connectivity index (χ3v) is 8.40. The van der Waals surface area contributed by atoms with Gasteiger partial charge in [0, 0.05) is 50.7 Å². The Balaban J connectivity index is 4.46. The van der Waals surface area contributed by atoms with Crippen molar-refractivity contribution in [2.24, 2.45) is 0 Å². The zero-order valence-electron chi connectivity index (χ0n) is 12.2. The molecule has 0 amide bonds. The maximum absolute atomic E-state index is 11.0. The van der Waals surface area contributed by atoms with Crippen LogP contribution in [0.5, 0.6) is 0 Å². The Hall–Kier alpha value is 0.177. The lowest BCUT2D eigenvalue weighted by atomic mass is 10.9. The van der Waals surface area contributed by atoms with Gasteiger partial charge in [-0.25, -0.2) is 0 Å². The van der Waals surface area contributed by atoms with Gasteiger partial charge in [-0.05, 0) is 13.8 Å². The molecular weight excluding hydrogens is 300 g/mol. The fraction of sp³-hybridized carbons (Fsp3) is 0.833. The minimum Gasteiger partial charge on any atom is -0.394 e. The molecule has 0 saturated heterocycles. The number of carbonyl (C=O) groups is 2. The summed E-state index contributed by atoms with van der Waals surface area (Å²) in [7, 11) is -2.28. The summed E-state index contributed by atoms with van der Waals surface area (Å²) in [6.07, 6.45) is 0. The Morgan fingerprint density at radius 3 is 1.53 bits per heavy atom. The van der Waals surface area contributed by atoms with Crippen molar-refractivity contribution in [1.82, 2.24) is 0 Å². The van der Waals surface area contributed by atoms with Crippen LogP contribution in [-0.4, -0.2) is 43.5 Å². The SMILES string of the molecule is CCO[Si](CCSC(C)=O)(CCSC(C)=O)OCC. The van der Waals surface area contributed by atoms with E-state index >= 15 is 0 Å². The van der Waals surface area contributed by atoms with Crippen molar-refractivity contribution in [2.75, 3.05) is 24.7 Å². The Morgan fingerprint density at radius 2 is 1.26 bits per heavy atom. The Labute approximate surface area is 125 Å². The molecular formula is C12H24O4S2Si. The van der Waals surface area contributed by atoms with Crippen LogP contribution in [0.1, 0.15) is 27.7 Å². The number of rotatable bonds is 10. The van der Waals surface area contributed by atoms with Crippen molar-refractivity contribution in [2.45, 2.75) is 39.8 Å². The molecule has 0 fully saturated rings. The van der Waals surface area contributed by atoms with E-state index in [-0.39, 0.29) is 10.2 Å². The van der Waals surface area contributed by atoms with Gasteiger partial charge in [0.25, 0.3) is 0 Å². The van der Waals surface area contributed by atoms with E-state index < -0.39 is 8.56 Å². The lowest BCUT2D eigenvalue weighted by Gasteiger charge is -2.29. The number of thioether (sulfide) groups is 2. The summed E-state index contributed by atoms with van der Waals surface area (Å²) in [6, 6.07) is 1.58. The molecule has 4 nitrogen and oxygen atoms in total. The first kappa shape index (κ1) is 19.2. The minimum absolute atomic E-state index is 0.119. The molecule has 0 bridgehead atoms. The molecule has 0 aromatic heterocycles. The number of hydrogen-bond donors (Lipinski definition) is 0. The van der Waals surface area contributed by atoms with Gasteiger partial charge in [-0.3, -0.25) is 9.59 Å². The average Bonchev–Trinajstić information content (AvgIpc) is 2.28. The molecule has 112 valence electrons. The molecule has 0 aliphatic carbocycles. The first-order chi connectivity index (χ1) is 8.95. The molecule has 0 heterocycles. The van der Waals surface area contributed by atoms with E-state index in [9.17, 15) is 9.59 Å². The van der Waals surface area contributed by atoms with Gasteiger partial charge in [0.05, 0.1) is 0 Å². The normalized spacial score (nSPS) is 11.6. The van der Waals surface area contributed by atoms with E-state index in [1.807, 2.05) is 13.8 Å². The molecule has 0 atom stereocenters. The molecule has 0 aromatic rings. The summed E-state index contributed by atoms with van der Waals surface area (Å²) < 4.78 is 11.8. The molecule has 19 heavy (non-hydrogen) atoms. The van der Waals surface area contributed by atoms with E-state index in [1.54, 1.807) is 13.8 Å². The van der Waals surface area contributed by atoms with Gasteiger partial charge in [0.15, 0.2) is 10.2 Å². The first-order valence-corrected chi connectivity index (χ1v) is 10.7. The van der Waals surface area contributed by atoms with E-state index in [1.165, 1.54) is 23.5 Å². The Kier molecular flexibility index (Phi) is 11.0. The smallest absolute Gasteiger partial charge is 0.339 e. The summed E-state index contributed by atoms with van der Waals surface area (Å²) in [4.78, 5) is 22.0. The highest BCUT2D eigenvalue weighted by molar-refractivity contribution is 8.13. The monoisotopic (exact) mass is 324 g/mol. The second kappa shape index (κ2) is 10.9. The van der Waals surface area contributed by atoms with Crippen molar-refractivity contribution in [3.05, 3.63) is 0 Å². The maximum Gasteiger partial charge on any atom is 0.339 e. The fourth-order valence-electron chi connectivity index (χ4n) is 1.68. The molecule has 0 unspecified atom stereocenters. The van der Waals surface area contributed by atoms with Crippen LogP contribution in [0.4, 0.5) is 0 Å². The van der Waals surface area contributed by atoms with Crippen LogP contribution in [0.3, 0.4) is 0 Å². The van der Waals surface area contributed by atoms with Gasteiger partial charge in [-0.2, -0.15) is 0 Å². The predicted octanol–water partition coefficient (Wildman–Crippen LogP) is 3.06. The highest BCUT2D eigenvalue weighted by Crippen LogP contribution is 2.24. The van der Waals surface area contributed by atoms with Gasteiger partial charge in [-0.1, -0.05) is 23.5 Å². The number of carbonyl (C=O) groups excluding carboxylic acids is 2. The second-order valence-electron chi connectivity index (χ2n) is 3.96. The average molecular weight is 325 g/mol. The van der Waals surface area contributed by atoms with Crippen LogP contribution in [0.15, 0.2) is 0 Å². The van der Waals surface area contributed by atoms with Crippen LogP contribution in [0, 0.1) is 0 Å². The number of hydrogen-bond acceptors (Lipinski definition) is 6. The van der Waals surface area contributed by atoms with E-state index in [2.05, 4.69) is 0 Å². The van der Waals surface area contributed by atoms with Crippen molar-refractivity contribution in [1.29, 1.82) is 0 Å². The molecule has 0 N–H and O–H groups in total. The highest BCUT2D eigenvalue weighted by Gasteiger charge is 2.36. The van der Waals surface area contributed by atoms with Gasteiger partial charge in [0.1, 0.15) is 0 Å². The lowest BCUT2D eigenvalue weighted by molar-refractivity contribution is -0.109. The van der Waals surface area contributed by atoms with Gasteiger partial charge in [0.2, 0.25) is 0 Å². The minimum atomic E-state index is -2.28. The van der Waals surface area contributed by atoms with Crippen LogP contribution in [0.25, 0.3) is 0 Å². The molecule has 0 aliphatic rings. The highest BCUT2D eigenvalue weighted by atomic mass is 32.2. The van der Waals surface area contributed by atoms with Gasteiger partial charge < -0.3 is 8.85 Å². The van der Waals surface area contributed by atoms with Crippen molar-refractivity contribution in [3.63, 3.8) is 0 Å². The predicted molar refractivity (Wildman–Crippen MR) is 84.9 cm³/mol. The summed E-state index contributed by atoms with van der Waals surface area (Å²) in [5.41, 5.74) is 0. The van der Waals surface area contributed by atoms with Crippen molar-refractivity contribution in [3.8, 4) is 0 Å². The van der Waals surface area contributed by atoms with E-state index in [0.717, 1.165) is 23.6 Å². The molecule has 7 heteroatoms. The molecule has 0 radical (unpaired) electrons. The quantitative estimate of drug-likeness (QED) is 0.576. The lowest BCUT2D eigenvalue weighted by Crippen LogP contribution is -2.43. The van der Waals surface area contributed by atoms with Crippen LogP contribution in [-0.2, 0) is 18.4 Å². The summed E-state index contributed by atoms with van der Waals surface area (Å²) in [5.74, 6) is 1.46. The van der Waals surface area contributed by atoms with Crippen LogP contribution in [0.2, 0.25) is 12.1 Å². The van der Waals surface area contributed by atoms with Crippen molar-refractivity contribution >= 4 is 42.3 Å². The topological polar surface area (TPSA) is 52.6 Å². The summed E-state index contributed by atoms with van der Waals surface area (Å²) in [5, 5.41) is 0.239. The standard InChI is InChI=1S/C12H24O4S2Si/c1-5-15-19(16-6-2,9-7-17-11(3)13)10-8-18-12(4)14/h5-10H2,1-4H3. The Bertz CT molecular complexity index is 259.